The predicted octanol–water partition coefficient (Wildman–Crippen LogP) is -1.16. The Balaban J connectivity index is 2.05. The number of nitrogens with zero attached hydrogens (tertiary/aromatic N) is 5. The molecule has 0 amide bonds. The van der Waals surface area contributed by atoms with Crippen LogP contribution in [0.5, 0.6) is 0 Å². The van der Waals surface area contributed by atoms with E-state index in [2.05, 4.69) is 30.6 Å². The van der Waals surface area contributed by atoms with Crippen molar-refractivity contribution in [3.63, 3.8) is 0 Å². The van der Waals surface area contributed by atoms with E-state index in [9.17, 15) is 4.79 Å². The van der Waals surface area contributed by atoms with Gasteiger partial charge in [-0.2, -0.15) is 19.7 Å². The zero-order valence-electron chi connectivity index (χ0n) is 7.78. The second-order valence-electron chi connectivity index (χ2n) is 2.85. The summed E-state index contributed by atoms with van der Waals surface area (Å²) in [5.41, 5.74) is -0.204. The maximum atomic E-state index is 11.7. The number of hydrogen-bond donors (Lipinski definition) is 2. The van der Waals surface area contributed by atoms with Crippen LogP contribution in [0.2, 0.25) is 0 Å². The van der Waals surface area contributed by atoms with Crippen molar-refractivity contribution in [2.24, 2.45) is 0 Å². The van der Waals surface area contributed by atoms with E-state index in [0.29, 0.717) is 15.4 Å². The van der Waals surface area contributed by atoms with Gasteiger partial charge < -0.3 is 5.32 Å². The molecule has 16 heavy (non-hydrogen) atoms. The minimum Gasteiger partial charge on any atom is -0.330 e. The Hall–Kier alpha value is -2.29. The predicted molar refractivity (Wildman–Crippen MR) is 56.8 cm³/mol. The summed E-state index contributed by atoms with van der Waals surface area (Å²) < 4.78 is 1.76. The van der Waals surface area contributed by atoms with Crippen molar-refractivity contribution in [1.29, 1.82) is 0 Å². The molecular formula is C7H5N7OS. The minimum absolute atomic E-state index is 0.204. The molecule has 0 aliphatic carbocycles. The highest BCUT2D eigenvalue weighted by molar-refractivity contribution is 7.15. The second kappa shape index (κ2) is 3.38. The number of hydrogen-bond acceptors (Lipinski definition) is 7. The van der Waals surface area contributed by atoms with E-state index in [1.54, 1.807) is 6.20 Å². The largest absolute Gasteiger partial charge is 0.330 e. The Bertz CT molecular complexity index is 712. The zero-order valence-corrected chi connectivity index (χ0v) is 8.60. The van der Waals surface area contributed by atoms with Crippen LogP contribution in [0.3, 0.4) is 0 Å². The lowest BCUT2D eigenvalue weighted by atomic mass is 10.7. The van der Waals surface area contributed by atoms with Crippen molar-refractivity contribution in [3.8, 4) is 0 Å². The highest BCUT2D eigenvalue weighted by atomic mass is 32.1. The molecule has 0 fully saturated rings. The van der Waals surface area contributed by atoms with Crippen LogP contribution in [0.15, 0.2) is 17.4 Å². The molecule has 3 rings (SSSR count). The molecule has 80 valence electrons. The summed E-state index contributed by atoms with van der Waals surface area (Å²) in [6.07, 6.45) is 4.27. The van der Waals surface area contributed by atoms with Crippen LogP contribution in [0, 0.1) is 0 Å². The Morgan fingerprint density at radius 1 is 1.44 bits per heavy atom. The first kappa shape index (κ1) is 8.97. The molecule has 0 atom stereocenters. The number of thiazole rings is 1. The summed E-state index contributed by atoms with van der Waals surface area (Å²) in [6, 6.07) is 0. The third-order valence-electron chi connectivity index (χ3n) is 1.88. The lowest BCUT2D eigenvalue weighted by molar-refractivity contribution is 0.932. The molecule has 0 aliphatic heterocycles. The highest BCUT2D eigenvalue weighted by Gasteiger charge is 2.04. The van der Waals surface area contributed by atoms with E-state index in [0.717, 1.165) is 0 Å². The average Bonchev–Trinajstić information content (AvgIpc) is 2.96. The van der Waals surface area contributed by atoms with E-state index >= 15 is 0 Å². The molecule has 0 radical (unpaired) electrons. The lowest BCUT2D eigenvalue weighted by Gasteiger charge is -1.88. The molecular weight excluding hydrogens is 230 g/mol. The quantitative estimate of drug-likeness (QED) is 0.581. The van der Waals surface area contributed by atoms with Gasteiger partial charge in [0.05, 0.1) is 0 Å². The van der Waals surface area contributed by atoms with E-state index in [1.807, 2.05) is 0 Å². The van der Waals surface area contributed by atoms with Crippen molar-refractivity contribution in [2.45, 2.75) is 0 Å². The summed E-state index contributed by atoms with van der Waals surface area (Å²) >= 11 is 1.25. The molecule has 0 spiro atoms. The van der Waals surface area contributed by atoms with Crippen LogP contribution in [0.1, 0.15) is 0 Å². The molecule has 0 saturated carbocycles. The normalized spacial score (nSPS) is 12.4. The number of anilines is 1. The number of rotatable bonds is 2. The summed E-state index contributed by atoms with van der Waals surface area (Å²) in [4.78, 5) is 20.1. The van der Waals surface area contributed by atoms with Crippen molar-refractivity contribution in [1.82, 2.24) is 29.8 Å². The Labute approximate surface area is 91.7 Å². The standard InChI is InChI=1S/C7H5N7OS/c15-5-4(1-8-6-9-2-11-13-6)16-7-10-3-12-14(5)7/h1-3H,(H2,8,9,11,13)/b4-1-. The molecule has 3 aromatic rings. The summed E-state index contributed by atoms with van der Waals surface area (Å²) in [5, 5.41) is 12.9. The van der Waals surface area contributed by atoms with E-state index < -0.39 is 0 Å². The smallest absolute Gasteiger partial charge is 0.292 e. The summed E-state index contributed by atoms with van der Waals surface area (Å²) in [5.74, 6) is 0.471. The molecule has 3 heterocycles. The number of fused-ring (bicyclic) bond motifs is 1. The van der Waals surface area contributed by atoms with Gasteiger partial charge in [0, 0.05) is 6.20 Å². The first-order valence-corrected chi connectivity index (χ1v) is 5.11. The molecule has 0 bridgehead atoms. The Morgan fingerprint density at radius 3 is 3.12 bits per heavy atom. The van der Waals surface area contributed by atoms with Crippen LogP contribution in [0.4, 0.5) is 5.95 Å². The van der Waals surface area contributed by atoms with E-state index in [-0.39, 0.29) is 5.56 Å². The first-order chi connectivity index (χ1) is 7.84. The lowest BCUT2D eigenvalue weighted by Crippen LogP contribution is -2.24. The molecule has 0 unspecified atom stereocenters. The van der Waals surface area contributed by atoms with Crippen LogP contribution < -0.4 is 15.4 Å². The molecule has 0 saturated heterocycles. The molecule has 3 aromatic heterocycles. The summed E-state index contributed by atoms with van der Waals surface area (Å²) in [7, 11) is 0. The number of aromatic amines is 1. The first-order valence-electron chi connectivity index (χ1n) is 4.29. The fourth-order valence-corrected chi connectivity index (χ4v) is 1.99. The van der Waals surface area contributed by atoms with Crippen LogP contribution in [-0.4, -0.2) is 29.8 Å². The second-order valence-corrected chi connectivity index (χ2v) is 3.86. The van der Waals surface area contributed by atoms with Gasteiger partial charge in [0.15, 0.2) is 0 Å². The van der Waals surface area contributed by atoms with Gasteiger partial charge in [0.2, 0.25) is 10.9 Å². The van der Waals surface area contributed by atoms with Gasteiger partial charge in [-0.05, 0) is 0 Å². The topological polar surface area (TPSA) is 101 Å². The van der Waals surface area contributed by atoms with Gasteiger partial charge in [0.25, 0.3) is 5.56 Å². The zero-order chi connectivity index (χ0) is 11.0. The van der Waals surface area contributed by atoms with Crippen LogP contribution in [0.25, 0.3) is 11.2 Å². The summed E-state index contributed by atoms with van der Waals surface area (Å²) in [6.45, 7) is 0. The van der Waals surface area contributed by atoms with Crippen molar-refractivity contribution in [2.75, 3.05) is 5.32 Å². The van der Waals surface area contributed by atoms with Gasteiger partial charge in [-0.3, -0.25) is 4.79 Å². The molecule has 0 aromatic carbocycles. The van der Waals surface area contributed by atoms with E-state index in [4.69, 9.17) is 0 Å². The maximum absolute atomic E-state index is 11.7. The van der Waals surface area contributed by atoms with Crippen molar-refractivity contribution < 1.29 is 0 Å². The molecule has 2 N–H and O–H groups in total. The van der Waals surface area contributed by atoms with E-state index in [1.165, 1.54) is 28.5 Å². The monoisotopic (exact) mass is 235 g/mol. The Morgan fingerprint density at radius 2 is 2.38 bits per heavy atom. The number of nitrogens with one attached hydrogen (secondary N) is 2. The van der Waals surface area contributed by atoms with Gasteiger partial charge in [-0.1, -0.05) is 11.3 Å². The fraction of sp³-hybridized carbons (Fsp3) is 0. The maximum Gasteiger partial charge on any atom is 0.292 e. The van der Waals surface area contributed by atoms with Crippen molar-refractivity contribution in [3.05, 3.63) is 27.5 Å². The number of H-pyrrole nitrogens is 1. The van der Waals surface area contributed by atoms with Crippen molar-refractivity contribution >= 4 is 28.4 Å². The third kappa shape index (κ3) is 1.34. The fourth-order valence-electron chi connectivity index (χ4n) is 1.19. The van der Waals surface area contributed by atoms with Gasteiger partial charge >= 0.3 is 0 Å². The van der Waals surface area contributed by atoms with Gasteiger partial charge in [-0.15, -0.1) is 0 Å². The molecule has 8 nitrogen and oxygen atoms in total. The average molecular weight is 235 g/mol. The highest BCUT2D eigenvalue weighted by Crippen LogP contribution is 1.96. The molecule has 0 aliphatic rings. The minimum atomic E-state index is -0.204. The SMILES string of the molecule is O=c1/c(=C/Nc2ncn[nH]2)sc2ncnn12. The Kier molecular flexibility index (Phi) is 1.90. The third-order valence-corrected chi connectivity index (χ3v) is 2.85. The van der Waals surface area contributed by atoms with Gasteiger partial charge in [0.1, 0.15) is 17.2 Å². The number of aromatic nitrogens is 6. The van der Waals surface area contributed by atoms with Crippen LogP contribution in [-0.2, 0) is 0 Å². The van der Waals surface area contributed by atoms with Crippen LogP contribution >= 0.6 is 11.3 Å². The van der Waals surface area contributed by atoms with Gasteiger partial charge in [-0.25, -0.2) is 10.1 Å². The molecule has 9 heteroatoms.